The Morgan fingerprint density at radius 2 is 1.62 bits per heavy atom. The van der Waals surface area contributed by atoms with Crippen molar-refractivity contribution >= 4 is 11.7 Å². The van der Waals surface area contributed by atoms with E-state index in [9.17, 15) is 4.79 Å². The second kappa shape index (κ2) is 8.26. The summed E-state index contributed by atoms with van der Waals surface area (Å²) in [5, 5.41) is 3.08. The lowest BCUT2D eigenvalue weighted by Gasteiger charge is -2.29. The van der Waals surface area contributed by atoms with Gasteiger partial charge in [0, 0.05) is 45.3 Å². The van der Waals surface area contributed by atoms with Gasteiger partial charge >= 0.3 is 6.03 Å². The number of nitrogens with zero attached hydrogens (tertiary/aromatic N) is 2. The van der Waals surface area contributed by atoms with Gasteiger partial charge in [-0.2, -0.15) is 0 Å². The quantitative estimate of drug-likeness (QED) is 0.845. The lowest BCUT2D eigenvalue weighted by Crippen LogP contribution is -2.43. The molecule has 2 rings (SSSR count). The molecule has 2 amide bonds. The normalized spacial score (nSPS) is 11.2. The van der Waals surface area contributed by atoms with Crippen LogP contribution in [0.3, 0.4) is 0 Å². The fraction of sp³-hybridized carbons (Fsp3) is 0.409. The van der Waals surface area contributed by atoms with Crippen molar-refractivity contribution in [3.63, 3.8) is 0 Å². The van der Waals surface area contributed by atoms with Gasteiger partial charge in [0.05, 0.1) is 0 Å². The molecule has 0 radical (unpaired) electrons. The monoisotopic (exact) mass is 353 g/mol. The van der Waals surface area contributed by atoms with Gasteiger partial charge in [-0.05, 0) is 35.7 Å². The first kappa shape index (κ1) is 19.8. The van der Waals surface area contributed by atoms with Crippen LogP contribution in [0, 0.1) is 6.92 Å². The molecule has 2 aromatic carbocycles. The van der Waals surface area contributed by atoms with Crippen molar-refractivity contribution in [1.29, 1.82) is 0 Å². The molecule has 0 aliphatic carbocycles. The molecule has 0 saturated carbocycles. The summed E-state index contributed by atoms with van der Waals surface area (Å²) in [6.45, 7) is 7.62. The second-order valence-electron chi connectivity index (χ2n) is 7.77. The molecule has 0 aliphatic heterocycles. The Morgan fingerprint density at radius 1 is 1.00 bits per heavy atom. The maximum absolute atomic E-state index is 12.5. The molecule has 0 atom stereocenters. The van der Waals surface area contributed by atoms with Gasteiger partial charge < -0.3 is 15.1 Å². The van der Waals surface area contributed by atoms with Gasteiger partial charge in [-0.3, -0.25) is 0 Å². The highest BCUT2D eigenvalue weighted by atomic mass is 16.2. The predicted octanol–water partition coefficient (Wildman–Crippen LogP) is 4.18. The fourth-order valence-electron chi connectivity index (χ4n) is 3.10. The number of amides is 2. The summed E-state index contributed by atoms with van der Waals surface area (Å²) in [7, 11) is 5.87. The average molecular weight is 354 g/mol. The Bertz CT molecular complexity index is 735. The molecule has 140 valence electrons. The minimum atomic E-state index is -0.116. The third-order valence-electron chi connectivity index (χ3n) is 4.77. The molecule has 4 heteroatoms. The molecule has 0 bridgehead atoms. The van der Waals surface area contributed by atoms with E-state index >= 15 is 0 Å². The van der Waals surface area contributed by atoms with Crippen LogP contribution in [0.25, 0.3) is 0 Å². The largest absolute Gasteiger partial charge is 0.378 e. The van der Waals surface area contributed by atoms with Gasteiger partial charge in [-0.1, -0.05) is 50.2 Å². The number of nitrogens with one attached hydrogen (secondary N) is 1. The van der Waals surface area contributed by atoms with Crippen LogP contribution in [0.5, 0.6) is 0 Å². The van der Waals surface area contributed by atoms with Gasteiger partial charge in [0.1, 0.15) is 0 Å². The second-order valence-corrected chi connectivity index (χ2v) is 7.77. The zero-order valence-corrected chi connectivity index (χ0v) is 16.8. The van der Waals surface area contributed by atoms with Crippen molar-refractivity contribution in [2.45, 2.75) is 32.7 Å². The van der Waals surface area contributed by atoms with Crippen molar-refractivity contribution in [1.82, 2.24) is 10.2 Å². The van der Waals surface area contributed by atoms with Crippen LogP contribution in [0.4, 0.5) is 10.5 Å². The van der Waals surface area contributed by atoms with Crippen LogP contribution in [0.1, 0.15) is 30.5 Å². The van der Waals surface area contributed by atoms with E-state index in [1.54, 1.807) is 4.90 Å². The van der Waals surface area contributed by atoms with Crippen LogP contribution < -0.4 is 10.2 Å². The van der Waals surface area contributed by atoms with Crippen LogP contribution in [0.15, 0.2) is 48.5 Å². The van der Waals surface area contributed by atoms with Gasteiger partial charge in [0.15, 0.2) is 0 Å². The van der Waals surface area contributed by atoms with Crippen molar-refractivity contribution in [3.05, 3.63) is 65.2 Å². The molecule has 0 spiro atoms. The smallest absolute Gasteiger partial charge is 0.317 e. The van der Waals surface area contributed by atoms with Crippen molar-refractivity contribution in [2.75, 3.05) is 32.6 Å². The third kappa shape index (κ3) is 5.01. The summed E-state index contributed by atoms with van der Waals surface area (Å²) in [4.78, 5) is 16.3. The first-order chi connectivity index (χ1) is 12.2. The van der Waals surface area contributed by atoms with Crippen molar-refractivity contribution in [3.8, 4) is 0 Å². The molecular formula is C22H31N3O. The number of benzene rings is 2. The molecule has 2 aromatic rings. The van der Waals surface area contributed by atoms with Crippen molar-refractivity contribution in [2.24, 2.45) is 0 Å². The number of urea groups is 1. The molecule has 0 unspecified atom stereocenters. The summed E-state index contributed by atoms with van der Waals surface area (Å²) in [5.74, 6) is 0. The Labute approximate surface area is 157 Å². The Kier molecular flexibility index (Phi) is 6.30. The molecule has 0 aliphatic rings. The topological polar surface area (TPSA) is 35.6 Å². The molecule has 0 heterocycles. The van der Waals surface area contributed by atoms with Crippen LogP contribution in [-0.2, 0) is 12.0 Å². The molecule has 26 heavy (non-hydrogen) atoms. The lowest BCUT2D eigenvalue weighted by atomic mass is 9.82. The molecule has 0 saturated heterocycles. The number of anilines is 1. The lowest BCUT2D eigenvalue weighted by molar-refractivity contribution is 0.204. The maximum atomic E-state index is 12.5. The van der Waals surface area contributed by atoms with E-state index in [0.29, 0.717) is 13.1 Å². The minimum absolute atomic E-state index is 0.0525. The SMILES string of the molecule is Cc1ccccc1C(C)(C)CNC(=O)N(C)Cc1ccc(N(C)C)cc1. The number of carbonyl (C=O) groups is 1. The predicted molar refractivity (Wildman–Crippen MR) is 110 cm³/mol. The summed E-state index contributed by atoms with van der Waals surface area (Å²) < 4.78 is 0. The molecule has 4 nitrogen and oxygen atoms in total. The highest BCUT2D eigenvalue weighted by molar-refractivity contribution is 5.74. The standard InChI is InChI=1S/C22H31N3O/c1-17-9-7-8-10-20(17)22(2,3)16-23-21(26)25(6)15-18-11-13-19(14-12-18)24(4)5/h7-14H,15-16H2,1-6H3,(H,23,26). The van der Waals surface area contributed by atoms with E-state index in [4.69, 9.17) is 0 Å². The Balaban J connectivity index is 1.93. The summed E-state index contributed by atoms with van der Waals surface area (Å²) in [6.07, 6.45) is 0. The average Bonchev–Trinajstić information content (AvgIpc) is 2.60. The third-order valence-corrected chi connectivity index (χ3v) is 4.77. The zero-order chi connectivity index (χ0) is 19.3. The van der Waals surface area contributed by atoms with Crippen LogP contribution in [-0.4, -0.2) is 38.6 Å². The first-order valence-corrected chi connectivity index (χ1v) is 9.02. The van der Waals surface area contributed by atoms with Gasteiger partial charge in [0.2, 0.25) is 0 Å². The van der Waals surface area contributed by atoms with Gasteiger partial charge in [-0.25, -0.2) is 4.79 Å². The van der Waals surface area contributed by atoms with E-state index in [1.807, 2.05) is 27.2 Å². The van der Waals surface area contributed by atoms with E-state index < -0.39 is 0 Å². The van der Waals surface area contributed by atoms with E-state index in [-0.39, 0.29) is 11.4 Å². The maximum Gasteiger partial charge on any atom is 0.317 e. The van der Waals surface area contributed by atoms with E-state index in [0.717, 1.165) is 11.3 Å². The van der Waals surface area contributed by atoms with Gasteiger partial charge in [-0.15, -0.1) is 0 Å². The highest BCUT2D eigenvalue weighted by Crippen LogP contribution is 2.25. The van der Waals surface area contributed by atoms with E-state index in [2.05, 4.69) is 73.5 Å². The minimum Gasteiger partial charge on any atom is -0.378 e. The fourth-order valence-corrected chi connectivity index (χ4v) is 3.10. The van der Waals surface area contributed by atoms with Gasteiger partial charge in [0.25, 0.3) is 0 Å². The van der Waals surface area contributed by atoms with Crippen molar-refractivity contribution < 1.29 is 4.79 Å². The number of aryl methyl sites for hydroxylation is 1. The zero-order valence-electron chi connectivity index (χ0n) is 16.8. The van der Waals surface area contributed by atoms with E-state index in [1.165, 1.54) is 11.1 Å². The number of hydrogen-bond acceptors (Lipinski definition) is 2. The Morgan fingerprint density at radius 3 is 2.19 bits per heavy atom. The molecule has 1 N–H and O–H groups in total. The number of rotatable bonds is 6. The first-order valence-electron chi connectivity index (χ1n) is 9.02. The van der Waals surface area contributed by atoms with Crippen LogP contribution in [0.2, 0.25) is 0 Å². The number of hydrogen-bond donors (Lipinski definition) is 1. The molecule has 0 fully saturated rings. The highest BCUT2D eigenvalue weighted by Gasteiger charge is 2.23. The van der Waals surface area contributed by atoms with Crippen LogP contribution >= 0.6 is 0 Å². The summed E-state index contributed by atoms with van der Waals surface area (Å²) >= 11 is 0. The summed E-state index contributed by atoms with van der Waals surface area (Å²) in [6, 6.07) is 16.6. The summed E-state index contributed by atoms with van der Waals surface area (Å²) in [5.41, 5.74) is 4.67. The Hall–Kier alpha value is -2.49. The number of carbonyl (C=O) groups excluding carboxylic acids is 1. The molecule has 0 aromatic heterocycles. The molecular weight excluding hydrogens is 322 g/mol.